The van der Waals surface area contributed by atoms with Crippen molar-refractivity contribution >= 4 is 45.4 Å². The molecule has 0 aliphatic carbocycles. The fourth-order valence-electron chi connectivity index (χ4n) is 2.94. The van der Waals surface area contributed by atoms with Crippen LogP contribution in [-0.4, -0.2) is 21.8 Å². The predicted octanol–water partition coefficient (Wildman–Crippen LogP) is 4.47. The van der Waals surface area contributed by atoms with E-state index >= 15 is 0 Å². The molecule has 30 heavy (non-hydrogen) atoms. The Labute approximate surface area is 169 Å². The van der Waals surface area contributed by atoms with Gasteiger partial charge in [-0.15, -0.1) is 0 Å². The largest absolute Gasteiger partial charge is 0.432 e. The van der Waals surface area contributed by atoms with Gasteiger partial charge in [0, 0.05) is 11.4 Å². The third kappa shape index (κ3) is 3.37. The molecule has 0 saturated heterocycles. The molecule has 0 saturated carbocycles. The minimum absolute atomic E-state index is 0.0236. The number of amides is 2. The number of nitrogens with zero attached hydrogens (tertiary/aromatic N) is 2. The van der Waals surface area contributed by atoms with Gasteiger partial charge in [-0.1, -0.05) is 24.3 Å². The summed E-state index contributed by atoms with van der Waals surface area (Å²) in [5.41, 5.74) is 3.36. The lowest BCUT2D eigenvalue weighted by molar-refractivity contribution is 0.0985. The lowest BCUT2D eigenvalue weighted by Crippen LogP contribution is -2.13. The number of hydrogen-bond donors (Lipinski definition) is 2. The second-order valence-corrected chi connectivity index (χ2v) is 6.46. The maximum Gasteiger partial charge on any atom is 0.311 e. The van der Waals surface area contributed by atoms with Crippen molar-refractivity contribution in [3.05, 3.63) is 84.6 Å². The molecule has 0 fully saturated rings. The Hall–Kier alpha value is -4.46. The molecule has 8 nitrogen and oxygen atoms in total. The molecule has 0 bridgehead atoms. The second-order valence-electron chi connectivity index (χ2n) is 6.46. The lowest BCUT2D eigenvalue weighted by Gasteiger charge is -2.05. The third-order valence-electron chi connectivity index (χ3n) is 4.38. The van der Waals surface area contributed by atoms with Crippen molar-refractivity contribution in [2.75, 3.05) is 10.6 Å². The lowest BCUT2D eigenvalue weighted by atomic mass is 10.2. The zero-order valence-electron chi connectivity index (χ0n) is 15.5. The van der Waals surface area contributed by atoms with Gasteiger partial charge in [0.2, 0.25) is 0 Å². The molecule has 2 amide bonds. The standard InChI is InChI=1S/C22H14N4O4/c27-19(21-25-15-5-1-3-7-17(15)29-21)23-13-9-11-14(12-10-13)24-20(28)22-26-16-6-2-4-8-18(16)30-22/h1-12H,(H,23,27)(H,24,28). The van der Waals surface area contributed by atoms with Crippen LogP contribution in [0.25, 0.3) is 22.2 Å². The molecule has 2 N–H and O–H groups in total. The second kappa shape index (κ2) is 7.17. The number of para-hydroxylation sites is 4. The van der Waals surface area contributed by atoms with Gasteiger partial charge in [-0.25, -0.2) is 9.97 Å². The Morgan fingerprint density at radius 2 is 1.00 bits per heavy atom. The van der Waals surface area contributed by atoms with E-state index in [1.165, 1.54) is 0 Å². The van der Waals surface area contributed by atoms with E-state index in [0.717, 1.165) is 0 Å². The van der Waals surface area contributed by atoms with E-state index in [0.29, 0.717) is 33.6 Å². The molecule has 0 spiro atoms. The molecule has 0 unspecified atom stereocenters. The number of anilines is 2. The van der Waals surface area contributed by atoms with Crippen molar-refractivity contribution in [2.24, 2.45) is 0 Å². The van der Waals surface area contributed by atoms with Gasteiger partial charge in [-0.2, -0.15) is 0 Å². The van der Waals surface area contributed by atoms with Gasteiger partial charge in [0.05, 0.1) is 0 Å². The molecule has 8 heteroatoms. The van der Waals surface area contributed by atoms with Crippen molar-refractivity contribution in [3.63, 3.8) is 0 Å². The van der Waals surface area contributed by atoms with E-state index in [4.69, 9.17) is 8.83 Å². The van der Waals surface area contributed by atoms with E-state index in [9.17, 15) is 9.59 Å². The average molecular weight is 398 g/mol. The Morgan fingerprint density at radius 3 is 1.40 bits per heavy atom. The summed E-state index contributed by atoms with van der Waals surface area (Å²) >= 11 is 0. The fourth-order valence-corrected chi connectivity index (χ4v) is 2.94. The first-order valence-electron chi connectivity index (χ1n) is 9.10. The SMILES string of the molecule is O=C(Nc1ccc(NC(=O)c2nc3ccccc3o2)cc1)c1nc2ccccc2o1. The Balaban J connectivity index is 1.26. The van der Waals surface area contributed by atoms with Gasteiger partial charge in [-0.05, 0) is 48.5 Å². The number of carbonyl (C=O) groups is 2. The van der Waals surface area contributed by atoms with Gasteiger partial charge >= 0.3 is 11.8 Å². The van der Waals surface area contributed by atoms with Crippen molar-refractivity contribution in [1.82, 2.24) is 9.97 Å². The van der Waals surface area contributed by atoms with Gasteiger partial charge in [0.25, 0.3) is 11.8 Å². The van der Waals surface area contributed by atoms with E-state index in [1.54, 1.807) is 48.5 Å². The monoisotopic (exact) mass is 398 g/mol. The highest BCUT2D eigenvalue weighted by Gasteiger charge is 2.16. The number of hydrogen-bond acceptors (Lipinski definition) is 6. The van der Waals surface area contributed by atoms with Gasteiger partial charge < -0.3 is 19.5 Å². The first-order chi connectivity index (χ1) is 14.7. The summed E-state index contributed by atoms with van der Waals surface area (Å²) < 4.78 is 10.9. The summed E-state index contributed by atoms with van der Waals surface area (Å²) in [6, 6.07) is 20.9. The number of oxazole rings is 2. The Bertz CT molecular complexity index is 1210. The van der Waals surface area contributed by atoms with Crippen LogP contribution in [0.15, 0.2) is 81.6 Å². The molecule has 0 radical (unpaired) electrons. The zero-order valence-corrected chi connectivity index (χ0v) is 15.5. The minimum Gasteiger partial charge on any atom is -0.432 e. The van der Waals surface area contributed by atoms with E-state index in [1.807, 2.05) is 24.3 Å². The van der Waals surface area contributed by atoms with Crippen molar-refractivity contribution in [3.8, 4) is 0 Å². The van der Waals surface area contributed by atoms with Crippen molar-refractivity contribution < 1.29 is 18.4 Å². The van der Waals surface area contributed by atoms with Gasteiger partial charge in [-0.3, -0.25) is 9.59 Å². The van der Waals surface area contributed by atoms with Gasteiger partial charge in [0.15, 0.2) is 11.2 Å². The number of nitrogens with one attached hydrogen (secondary N) is 2. The number of fused-ring (bicyclic) bond motifs is 2. The number of benzene rings is 3. The summed E-state index contributed by atoms with van der Waals surface area (Å²) in [7, 11) is 0. The van der Waals surface area contributed by atoms with Crippen LogP contribution in [0.3, 0.4) is 0 Å². The number of carbonyl (C=O) groups excluding carboxylic acids is 2. The molecular weight excluding hydrogens is 384 g/mol. The van der Waals surface area contributed by atoms with Crippen LogP contribution in [0, 0.1) is 0 Å². The number of rotatable bonds is 4. The highest BCUT2D eigenvalue weighted by molar-refractivity contribution is 6.03. The van der Waals surface area contributed by atoms with Crippen LogP contribution in [0.5, 0.6) is 0 Å². The smallest absolute Gasteiger partial charge is 0.311 e. The maximum atomic E-state index is 12.4. The normalized spacial score (nSPS) is 10.9. The summed E-state index contributed by atoms with van der Waals surface area (Å²) in [6.45, 7) is 0. The predicted molar refractivity (Wildman–Crippen MR) is 110 cm³/mol. The van der Waals surface area contributed by atoms with Crippen LogP contribution in [-0.2, 0) is 0 Å². The van der Waals surface area contributed by atoms with Crippen molar-refractivity contribution in [1.29, 1.82) is 0 Å². The molecule has 0 aliphatic heterocycles. The Kier molecular flexibility index (Phi) is 4.21. The minimum atomic E-state index is -0.463. The van der Waals surface area contributed by atoms with Crippen LogP contribution in [0.2, 0.25) is 0 Å². The Morgan fingerprint density at radius 1 is 0.600 bits per heavy atom. The van der Waals surface area contributed by atoms with E-state index < -0.39 is 11.8 Å². The molecular formula is C22H14N4O4. The highest BCUT2D eigenvalue weighted by atomic mass is 16.4. The highest BCUT2D eigenvalue weighted by Crippen LogP contribution is 2.19. The first kappa shape index (κ1) is 17.6. The maximum absolute atomic E-state index is 12.4. The molecule has 0 aliphatic rings. The molecule has 2 aromatic heterocycles. The quantitative estimate of drug-likeness (QED) is 0.462. The van der Waals surface area contributed by atoms with E-state index in [-0.39, 0.29) is 11.8 Å². The van der Waals surface area contributed by atoms with Crippen molar-refractivity contribution in [2.45, 2.75) is 0 Å². The average Bonchev–Trinajstić information content (AvgIpc) is 3.39. The summed E-state index contributed by atoms with van der Waals surface area (Å²) in [6.07, 6.45) is 0. The molecule has 5 rings (SSSR count). The third-order valence-corrected chi connectivity index (χ3v) is 4.38. The topological polar surface area (TPSA) is 110 Å². The van der Waals surface area contributed by atoms with Crippen LogP contribution in [0.4, 0.5) is 11.4 Å². The van der Waals surface area contributed by atoms with Crippen LogP contribution >= 0.6 is 0 Å². The zero-order chi connectivity index (χ0) is 20.5. The molecule has 0 atom stereocenters. The summed E-state index contributed by atoms with van der Waals surface area (Å²) in [5.74, 6) is -0.974. The molecule has 5 aromatic rings. The molecule has 146 valence electrons. The van der Waals surface area contributed by atoms with E-state index in [2.05, 4.69) is 20.6 Å². The number of aromatic nitrogens is 2. The van der Waals surface area contributed by atoms with Crippen LogP contribution < -0.4 is 10.6 Å². The van der Waals surface area contributed by atoms with Crippen LogP contribution in [0.1, 0.15) is 21.4 Å². The summed E-state index contributed by atoms with van der Waals surface area (Å²) in [4.78, 5) is 33.0. The molecule has 2 heterocycles. The first-order valence-corrected chi connectivity index (χ1v) is 9.10. The van der Waals surface area contributed by atoms with Gasteiger partial charge in [0.1, 0.15) is 11.0 Å². The fraction of sp³-hybridized carbons (Fsp3) is 0. The summed E-state index contributed by atoms with van der Waals surface area (Å²) in [5, 5.41) is 5.42. The molecule has 3 aromatic carbocycles.